The Hall–Kier alpha value is 0.0800. The number of hydrogen-bond acceptors (Lipinski definition) is 2. The summed E-state index contributed by atoms with van der Waals surface area (Å²) in [6.07, 6.45) is 2.79. The van der Waals surface area contributed by atoms with Gasteiger partial charge in [0.25, 0.3) is 0 Å². The quantitative estimate of drug-likeness (QED) is 0.403. The first-order valence-corrected chi connectivity index (χ1v) is 3.95. The van der Waals surface area contributed by atoms with E-state index in [1.807, 2.05) is 0 Å². The molecule has 0 fully saturated rings. The Morgan fingerprint density at radius 2 is 2.09 bits per heavy atom. The molecule has 0 aromatic rings. The molecule has 0 unspecified atom stereocenters. The highest BCUT2D eigenvalue weighted by Crippen LogP contribution is 2.25. The maximum atomic E-state index is 10.6. The molecule has 2 nitrogen and oxygen atoms in total. The molecule has 11 heavy (non-hydrogen) atoms. The first-order valence-electron chi connectivity index (χ1n) is 2.82. The number of carbonyl (C=O) groups is 1. The predicted octanol–water partition coefficient (Wildman–Crippen LogP) is 2.48. The molecule has 0 saturated carbocycles. The number of halogens is 3. The van der Waals surface area contributed by atoms with Gasteiger partial charge in [-0.15, -0.1) is 0 Å². The SMILES string of the molecule is C/C=C/C(=O)OCC(Cl)(Cl)Cl. The number of ether oxygens (including phenoxy) is 1. The monoisotopic (exact) mass is 216 g/mol. The molecule has 0 amide bonds. The molecule has 0 aromatic carbocycles. The molecular formula is C6H7Cl3O2. The summed E-state index contributed by atoms with van der Waals surface area (Å²) in [6, 6.07) is 0. The van der Waals surface area contributed by atoms with E-state index in [2.05, 4.69) is 4.74 Å². The number of alkyl halides is 3. The summed E-state index contributed by atoms with van der Waals surface area (Å²) in [7, 11) is 0. The van der Waals surface area contributed by atoms with E-state index in [1.165, 1.54) is 6.08 Å². The molecule has 0 rings (SSSR count). The van der Waals surface area contributed by atoms with Gasteiger partial charge in [0, 0.05) is 6.08 Å². The molecule has 5 heteroatoms. The van der Waals surface area contributed by atoms with Crippen LogP contribution in [0, 0.1) is 0 Å². The van der Waals surface area contributed by atoms with Gasteiger partial charge in [0.2, 0.25) is 3.79 Å². The highest BCUT2D eigenvalue weighted by molar-refractivity contribution is 6.67. The topological polar surface area (TPSA) is 26.3 Å². The summed E-state index contributed by atoms with van der Waals surface area (Å²) >= 11 is 15.9. The third-order valence-corrected chi connectivity index (χ3v) is 1.01. The maximum Gasteiger partial charge on any atom is 0.330 e. The van der Waals surface area contributed by atoms with Gasteiger partial charge in [0.1, 0.15) is 6.61 Å². The summed E-state index contributed by atoms with van der Waals surface area (Å²) in [5.41, 5.74) is 0. The number of allylic oxidation sites excluding steroid dienone is 1. The molecule has 0 spiro atoms. The van der Waals surface area contributed by atoms with Crippen molar-refractivity contribution in [3.63, 3.8) is 0 Å². The Labute approximate surface area is 80.1 Å². The molecule has 0 radical (unpaired) electrons. The van der Waals surface area contributed by atoms with Crippen LogP contribution in [0.15, 0.2) is 12.2 Å². The number of carbonyl (C=O) groups excluding carboxylic acids is 1. The van der Waals surface area contributed by atoms with Crippen LogP contribution in [0.1, 0.15) is 6.92 Å². The van der Waals surface area contributed by atoms with E-state index in [-0.39, 0.29) is 6.61 Å². The second-order valence-corrected chi connectivity index (χ2v) is 4.24. The van der Waals surface area contributed by atoms with Crippen molar-refractivity contribution in [1.29, 1.82) is 0 Å². The fraction of sp³-hybridized carbons (Fsp3) is 0.500. The minimum absolute atomic E-state index is 0.235. The summed E-state index contributed by atoms with van der Waals surface area (Å²) < 4.78 is 2.99. The number of esters is 1. The molecule has 0 atom stereocenters. The van der Waals surface area contributed by atoms with Crippen LogP contribution in [0.3, 0.4) is 0 Å². The van der Waals surface area contributed by atoms with Crippen molar-refractivity contribution in [2.24, 2.45) is 0 Å². The maximum absolute atomic E-state index is 10.6. The Morgan fingerprint density at radius 1 is 1.55 bits per heavy atom. The van der Waals surface area contributed by atoms with E-state index >= 15 is 0 Å². The fourth-order valence-electron chi connectivity index (χ4n) is 0.337. The van der Waals surface area contributed by atoms with Crippen molar-refractivity contribution in [2.75, 3.05) is 6.61 Å². The molecular weight excluding hydrogens is 210 g/mol. The largest absolute Gasteiger partial charge is 0.458 e. The van der Waals surface area contributed by atoms with Gasteiger partial charge in [-0.2, -0.15) is 0 Å². The smallest absolute Gasteiger partial charge is 0.330 e. The van der Waals surface area contributed by atoms with Crippen molar-refractivity contribution in [3.8, 4) is 0 Å². The summed E-state index contributed by atoms with van der Waals surface area (Å²) in [5, 5.41) is 0. The first kappa shape index (κ1) is 11.1. The van der Waals surface area contributed by atoms with E-state index in [0.29, 0.717) is 0 Å². The van der Waals surface area contributed by atoms with Crippen LogP contribution in [-0.2, 0) is 9.53 Å². The minimum atomic E-state index is -1.53. The van der Waals surface area contributed by atoms with Crippen molar-refractivity contribution in [3.05, 3.63) is 12.2 Å². The molecule has 0 aliphatic heterocycles. The van der Waals surface area contributed by atoms with Gasteiger partial charge in [0.05, 0.1) is 0 Å². The Morgan fingerprint density at radius 3 is 2.45 bits per heavy atom. The van der Waals surface area contributed by atoms with Crippen molar-refractivity contribution in [1.82, 2.24) is 0 Å². The normalized spacial score (nSPS) is 12.0. The molecule has 64 valence electrons. The molecule has 0 aliphatic carbocycles. The Bertz CT molecular complexity index is 160. The number of hydrogen-bond donors (Lipinski definition) is 0. The minimum Gasteiger partial charge on any atom is -0.458 e. The van der Waals surface area contributed by atoms with Crippen LogP contribution >= 0.6 is 34.8 Å². The van der Waals surface area contributed by atoms with E-state index in [9.17, 15) is 4.79 Å². The average Bonchev–Trinajstić information content (AvgIpc) is 1.83. The highest BCUT2D eigenvalue weighted by atomic mass is 35.6. The predicted molar refractivity (Wildman–Crippen MR) is 46.1 cm³/mol. The van der Waals surface area contributed by atoms with Crippen LogP contribution in [0.4, 0.5) is 0 Å². The van der Waals surface area contributed by atoms with Crippen LogP contribution < -0.4 is 0 Å². The van der Waals surface area contributed by atoms with E-state index in [0.717, 1.165) is 0 Å². The Kier molecular flexibility index (Phi) is 4.89. The van der Waals surface area contributed by atoms with Crippen LogP contribution in [0.5, 0.6) is 0 Å². The first-order chi connectivity index (χ1) is 4.95. The van der Waals surface area contributed by atoms with Gasteiger partial charge < -0.3 is 4.74 Å². The molecule has 0 bridgehead atoms. The van der Waals surface area contributed by atoms with Crippen molar-refractivity contribution >= 4 is 40.8 Å². The lowest BCUT2D eigenvalue weighted by molar-refractivity contribution is -0.137. The van der Waals surface area contributed by atoms with Crippen molar-refractivity contribution < 1.29 is 9.53 Å². The van der Waals surface area contributed by atoms with Crippen LogP contribution in [0.2, 0.25) is 0 Å². The molecule has 0 heterocycles. The zero-order chi connectivity index (χ0) is 8.91. The second-order valence-electron chi connectivity index (χ2n) is 1.72. The molecule has 0 N–H and O–H groups in total. The highest BCUT2D eigenvalue weighted by Gasteiger charge is 2.21. The fourth-order valence-corrected chi connectivity index (χ4v) is 0.501. The van der Waals surface area contributed by atoms with Gasteiger partial charge >= 0.3 is 5.97 Å². The van der Waals surface area contributed by atoms with E-state index < -0.39 is 9.76 Å². The lowest BCUT2D eigenvalue weighted by Gasteiger charge is -2.09. The average molecular weight is 217 g/mol. The third-order valence-electron chi connectivity index (χ3n) is 0.681. The van der Waals surface area contributed by atoms with Crippen LogP contribution in [-0.4, -0.2) is 16.4 Å². The van der Waals surface area contributed by atoms with E-state index in [1.54, 1.807) is 13.0 Å². The zero-order valence-electron chi connectivity index (χ0n) is 5.81. The second kappa shape index (κ2) is 4.86. The van der Waals surface area contributed by atoms with E-state index in [4.69, 9.17) is 34.8 Å². The van der Waals surface area contributed by atoms with Crippen molar-refractivity contribution in [2.45, 2.75) is 10.7 Å². The third kappa shape index (κ3) is 7.98. The standard InChI is InChI=1S/C6H7Cl3O2/c1-2-3-5(10)11-4-6(7,8)9/h2-3H,4H2,1H3/b3-2+. The van der Waals surface area contributed by atoms with Gasteiger partial charge in [-0.3, -0.25) is 0 Å². The summed E-state index contributed by atoms with van der Waals surface area (Å²) in [6.45, 7) is 1.46. The molecule has 0 aromatic heterocycles. The lowest BCUT2D eigenvalue weighted by atomic mass is 10.5. The lowest BCUT2D eigenvalue weighted by Crippen LogP contribution is -2.15. The summed E-state index contributed by atoms with van der Waals surface area (Å²) in [4.78, 5) is 10.6. The van der Waals surface area contributed by atoms with Crippen LogP contribution in [0.25, 0.3) is 0 Å². The Balaban J connectivity index is 3.63. The summed E-state index contributed by atoms with van der Waals surface area (Å²) in [5.74, 6) is -0.515. The molecule has 0 aliphatic rings. The van der Waals surface area contributed by atoms with Gasteiger partial charge in [-0.05, 0) is 6.92 Å². The van der Waals surface area contributed by atoms with Gasteiger partial charge in [-0.1, -0.05) is 40.9 Å². The molecule has 0 saturated heterocycles. The van der Waals surface area contributed by atoms with Gasteiger partial charge in [0.15, 0.2) is 0 Å². The zero-order valence-corrected chi connectivity index (χ0v) is 8.08. The van der Waals surface area contributed by atoms with Gasteiger partial charge in [-0.25, -0.2) is 4.79 Å². The number of rotatable bonds is 2.